The van der Waals surface area contributed by atoms with Crippen LogP contribution in [-0.2, 0) is 4.79 Å². The van der Waals surface area contributed by atoms with Gasteiger partial charge in [-0.25, -0.2) is 0 Å². The first-order chi connectivity index (χ1) is 6.73. The molecular weight excluding hydrogens is 186 g/mol. The zero-order valence-electron chi connectivity index (χ0n) is 11.1. The van der Waals surface area contributed by atoms with Crippen molar-refractivity contribution in [3.05, 3.63) is 0 Å². The van der Waals surface area contributed by atoms with Crippen LogP contribution in [0.15, 0.2) is 4.99 Å². The summed E-state index contributed by atoms with van der Waals surface area (Å²) in [5.41, 5.74) is 1.26. The van der Waals surface area contributed by atoms with Crippen LogP contribution in [0, 0.1) is 11.3 Å². The van der Waals surface area contributed by atoms with Crippen molar-refractivity contribution in [2.45, 2.75) is 54.4 Å². The molecule has 2 nitrogen and oxygen atoms in total. The van der Waals surface area contributed by atoms with E-state index in [0.29, 0.717) is 12.3 Å². The maximum Gasteiger partial charge on any atom is 0.130 e. The van der Waals surface area contributed by atoms with Crippen molar-refractivity contribution in [3.8, 4) is 0 Å². The lowest BCUT2D eigenvalue weighted by molar-refractivity contribution is -0.116. The van der Waals surface area contributed by atoms with Gasteiger partial charge >= 0.3 is 0 Å². The van der Waals surface area contributed by atoms with Crippen LogP contribution in [0.4, 0.5) is 0 Å². The minimum Gasteiger partial charge on any atom is -0.300 e. The van der Waals surface area contributed by atoms with E-state index in [1.54, 1.807) is 6.92 Å². The number of hydrogen-bond donors (Lipinski definition) is 0. The van der Waals surface area contributed by atoms with Gasteiger partial charge < -0.3 is 4.79 Å². The molecule has 0 heterocycles. The molecule has 0 saturated carbocycles. The first-order valence-electron chi connectivity index (χ1n) is 5.76. The lowest BCUT2D eigenvalue weighted by atomic mass is 9.86. The molecule has 0 unspecified atom stereocenters. The van der Waals surface area contributed by atoms with E-state index in [2.05, 4.69) is 39.6 Å². The fourth-order valence-electron chi connectivity index (χ4n) is 1.28. The Balaban J connectivity index is 4.45. The maximum atomic E-state index is 11.0. The smallest absolute Gasteiger partial charge is 0.130 e. The third kappa shape index (κ3) is 7.29. The molecule has 2 heteroatoms. The van der Waals surface area contributed by atoms with Gasteiger partial charge in [-0.1, -0.05) is 34.6 Å². The van der Waals surface area contributed by atoms with Crippen LogP contribution in [0.2, 0.25) is 0 Å². The molecule has 0 aliphatic carbocycles. The summed E-state index contributed by atoms with van der Waals surface area (Å²) < 4.78 is 0. The summed E-state index contributed by atoms with van der Waals surface area (Å²) in [7, 11) is 0. The quantitative estimate of drug-likeness (QED) is 0.640. The summed E-state index contributed by atoms with van der Waals surface area (Å²) >= 11 is 0. The van der Waals surface area contributed by atoms with Gasteiger partial charge in [-0.05, 0) is 24.7 Å². The predicted molar refractivity (Wildman–Crippen MR) is 66.5 cm³/mol. The molecule has 0 saturated heterocycles. The van der Waals surface area contributed by atoms with E-state index in [4.69, 9.17) is 0 Å². The van der Waals surface area contributed by atoms with Crippen LogP contribution >= 0.6 is 0 Å². The summed E-state index contributed by atoms with van der Waals surface area (Å²) in [6.45, 7) is 13.3. The maximum absolute atomic E-state index is 11.0. The van der Waals surface area contributed by atoms with E-state index < -0.39 is 0 Å². The van der Waals surface area contributed by atoms with Gasteiger partial charge in [0.1, 0.15) is 5.78 Å². The average Bonchev–Trinajstić information content (AvgIpc) is 2.00. The van der Waals surface area contributed by atoms with Crippen LogP contribution in [0.5, 0.6) is 0 Å². The Kier molecular flexibility index (Phi) is 5.77. The van der Waals surface area contributed by atoms with Gasteiger partial charge in [0.05, 0.1) is 0 Å². The van der Waals surface area contributed by atoms with E-state index in [9.17, 15) is 4.79 Å². The molecule has 0 aliphatic rings. The summed E-state index contributed by atoms with van der Waals surface area (Å²) in [6, 6.07) is 0. The molecule has 0 aromatic heterocycles. The van der Waals surface area contributed by atoms with Gasteiger partial charge in [-0.3, -0.25) is 4.99 Å². The molecule has 0 aromatic rings. The standard InChI is InChI=1S/C13H25NO/c1-10(2)9-14-12(13(4,5)6)8-7-11(3)15/h10H,7-9H2,1-6H3. The van der Waals surface area contributed by atoms with E-state index in [-0.39, 0.29) is 11.2 Å². The Labute approximate surface area is 94.2 Å². The number of Topliss-reactive ketones (excluding diaryl/α,β-unsaturated/α-hetero) is 1. The average molecular weight is 211 g/mol. The van der Waals surface area contributed by atoms with E-state index in [0.717, 1.165) is 13.0 Å². The molecular formula is C13H25NO. The highest BCUT2D eigenvalue weighted by Crippen LogP contribution is 2.20. The van der Waals surface area contributed by atoms with Crippen molar-refractivity contribution in [1.29, 1.82) is 0 Å². The van der Waals surface area contributed by atoms with Gasteiger partial charge in [-0.15, -0.1) is 0 Å². The van der Waals surface area contributed by atoms with Crippen LogP contribution in [0.25, 0.3) is 0 Å². The monoisotopic (exact) mass is 211 g/mol. The molecule has 0 N–H and O–H groups in total. The van der Waals surface area contributed by atoms with Crippen LogP contribution in [-0.4, -0.2) is 18.0 Å². The number of carbonyl (C=O) groups is 1. The number of aliphatic imine (C=N–C) groups is 1. The van der Waals surface area contributed by atoms with Gasteiger partial charge in [0.2, 0.25) is 0 Å². The molecule has 0 aliphatic heterocycles. The van der Waals surface area contributed by atoms with Gasteiger partial charge in [0, 0.05) is 18.7 Å². The van der Waals surface area contributed by atoms with E-state index >= 15 is 0 Å². The summed E-state index contributed by atoms with van der Waals surface area (Å²) in [6.07, 6.45) is 1.43. The van der Waals surface area contributed by atoms with Crippen molar-refractivity contribution < 1.29 is 4.79 Å². The molecule has 0 fully saturated rings. The predicted octanol–water partition coefficient (Wildman–Crippen LogP) is 3.50. The minimum absolute atomic E-state index is 0.0876. The van der Waals surface area contributed by atoms with E-state index in [1.807, 2.05) is 0 Å². The first-order valence-corrected chi connectivity index (χ1v) is 5.76. The highest BCUT2D eigenvalue weighted by molar-refractivity contribution is 5.92. The zero-order chi connectivity index (χ0) is 12.1. The number of nitrogens with zero attached hydrogens (tertiary/aromatic N) is 1. The molecule has 88 valence electrons. The first kappa shape index (κ1) is 14.3. The highest BCUT2D eigenvalue weighted by atomic mass is 16.1. The van der Waals surface area contributed by atoms with Crippen LogP contribution < -0.4 is 0 Å². The molecule has 0 bridgehead atoms. The molecule has 0 spiro atoms. The zero-order valence-corrected chi connectivity index (χ0v) is 11.1. The highest BCUT2D eigenvalue weighted by Gasteiger charge is 2.18. The molecule has 0 rings (SSSR count). The van der Waals surface area contributed by atoms with Crippen LogP contribution in [0.3, 0.4) is 0 Å². The van der Waals surface area contributed by atoms with Crippen molar-refractivity contribution >= 4 is 11.5 Å². The van der Waals surface area contributed by atoms with Gasteiger partial charge in [0.25, 0.3) is 0 Å². The third-order valence-electron chi connectivity index (χ3n) is 2.23. The largest absolute Gasteiger partial charge is 0.300 e. The van der Waals surface area contributed by atoms with Crippen molar-refractivity contribution in [3.63, 3.8) is 0 Å². The summed E-state index contributed by atoms with van der Waals surface area (Å²) in [5.74, 6) is 0.830. The van der Waals surface area contributed by atoms with E-state index in [1.165, 1.54) is 5.71 Å². The second-order valence-electron chi connectivity index (χ2n) is 5.63. The lowest BCUT2D eigenvalue weighted by Gasteiger charge is -2.22. The molecule has 0 atom stereocenters. The lowest BCUT2D eigenvalue weighted by Crippen LogP contribution is -2.22. The second kappa shape index (κ2) is 6.04. The third-order valence-corrected chi connectivity index (χ3v) is 2.23. The molecule has 0 aromatic carbocycles. The van der Waals surface area contributed by atoms with Gasteiger partial charge in [-0.2, -0.15) is 0 Å². The SMILES string of the molecule is CC(=O)CCC(=NCC(C)C)C(C)(C)C. The van der Waals surface area contributed by atoms with Crippen molar-refractivity contribution in [2.24, 2.45) is 16.3 Å². The Bertz CT molecular complexity index is 233. The normalized spacial score (nSPS) is 13.4. The Hall–Kier alpha value is -0.660. The second-order valence-corrected chi connectivity index (χ2v) is 5.63. The number of carbonyl (C=O) groups excluding carboxylic acids is 1. The Morgan fingerprint density at radius 2 is 1.73 bits per heavy atom. The Morgan fingerprint density at radius 3 is 2.07 bits per heavy atom. The number of rotatable bonds is 5. The minimum atomic E-state index is 0.0876. The fraction of sp³-hybridized carbons (Fsp3) is 0.846. The van der Waals surface area contributed by atoms with Crippen molar-refractivity contribution in [1.82, 2.24) is 0 Å². The Morgan fingerprint density at radius 1 is 1.20 bits per heavy atom. The molecule has 0 radical (unpaired) electrons. The van der Waals surface area contributed by atoms with Crippen LogP contribution in [0.1, 0.15) is 54.4 Å². The fourth-order valence-corrected chi connectivity index (χ4v) is 1.28. The number of ketones is 1. The molecule has 15 heavy (non-hydrogen) atoms. The molecule has 0 amide bonds. The van der Waals surface area contributed by atoms with Crippen molar-refractivity contribution in [2.75, 3.05) is 6.54 Å². The summed E-state index contributed by atoms with van der Waals surface area (Å²) in [4.78, 5) is 15.6. The van der Waals surface area contributed by atoms with Gasteiger partial charge in [0.15, 0.2) is 0 Å². The number of hydrogen-bond acceptors (Lipinski definition) is 2. The summed E-state index contributed by atoms with van der Waals surface area (Å²) in [5, 5.41) is 0. The topological polar surface area (TPSA) is 29.4 Å².